The standard InChI is InChI=1S/C15H19N5O8S/c1-14(2,12(25)26)28-19-9(7-5-29-13(16)17-7)10(23)18-15(3)6-20(11(15)24)27-4-8(21)22/h5H,4,6H2,1-3H3,(H2,16,17)(H,18,23)(H,21,22)(H,25,26)/t15-/m0/s1. The number of carboxylic acids is 2. The summed E-state index contributed by atoms with van der Waals surface area (Å²) in [5.41, 5.74) is 2.09. The Morgan fingerprint density at radius 2 is 2.10 bits per heavy atom. The number of rotatable bonds is 9. The topological polar surface area (TPSA) is 194 Å². The van der Waals surface area contributed by atoms with Crippen molar-refractivity contribution in [2.45, 2.75) is 31.9 Å². The number of oxime groups is 1. The second-order valence-electron chi connectivity index (χ2n) is 6.71. The van der Waals surface area contributed by atoms with Crippen LogP contribution in [0.15, 0.2) is 10.5 Å². The normalized spacial score (nSPS) is 19.5. The third-order valence-electron chi connectivity index (χ3n) is 3.75. The molecule has 158 valence electrons. The molecule has 13 nitrogen and oxygen atoms in total. The number of amides is 2. The highest BCUT2D eigenvalue weighted by Gasteiger charge is 2.51. The number of β-lactam (4-membered cyclic amide) rings is 1. The van der Waals surface area contributed by atoms with E-state index in [4.69, 9.17) is 25.6 Å². The molecule has 0 radical (unpaired) electrons. The number of anilines is 1. The summed E-state index contributed by atoms with van der Waals surface area (Å²) in [7, 11) is 0. The zero-order chi connectivity index (χ0) is 22.0. The van der Waals surface area contributed by atoms with E-state index in [1.54, 1.807) is 0 Å². The van der Waals surface area contributed by atoms with Crippen LogP contribution >= 0.6 is 11.3 Å². The lowest BCUT2D eigenvalue weighted by molar-refractivity contribution is -0.227. The van der Waals surface area contributed by atoms with Gasteiger partial charge in [0.2, 0.25) is 5.60 Å². The van der Waals surface area contributed by atoms with Crippen LogP contribution in [0.1, 0.15) is 26.5 Å². The second-order valence-corrected chi connectivity index (χ2v) is 7.60. The Bertz CT molecular complexity index is 882. The summed E-state index contributed by atoms with van der Waals surface area (Å²) in [6.07, 6.45) is 0. The fourth-order valence-corrected chi connectivity index (χ4v) is 2.60. The first-order valence-electron chi connectivity index (χ1n) is 8.06. The minimum atomic E-state index is -1.73. The van der Waals surface area contributed by atoms with Crippen molar-refractivity contribution in [2.24, 2.45) is 5.16 Å². The van der Waals surface area contributed by atoms with Crippen molar-refractivity contribution in [3.63, 3.8) is 0 Å². The van der Waals surface area contributed by atoms with Crippen LogP contribution in [0, 0.1) is 0 Å². The molecule has 5 N–H and O–H groups in total. The molecule has 0 saturated carbocycles. The molecule has 1 aliphatic heterocycles. The molecule has 1 fully saturated rings. The molecule has 0 spiro atoms. The zero-order valence-corrected chi connectivity index (χ0v) is 16.5. The van der Waals surface area contributed by atoms with Gasteiger partial charge in [-0.3, -0.25) is 14.4 Å². The molecule has 2 rings (SSSR count). The van der Waals surface area contributed by atoms with Gasteiger partial charge in [-0.05, 0) is 20.8 Å². The van der Waals surface area contributed by atoms with Crippen molar-refractivity contribution in [2.75, 3.05) is 18.9 Å². The van der Waals surface area contributed by atoms with Crippen molar-refractivity contribution >= 4 is 45.9 Å². The van der Waals surface area contributed by atoms with Crippen LogP contribution in [-0.4, -0.2) is 74.0 Å². The lowest BCUT2D eigenvalue weighted by Gasteiger charge is -2.44. The Hall–Kier alpha value is -3.26. The Morgan fingerprint density at radius 1 is 1.45 bits per heavy atom. The van der Waals surface area contributed by atoms with E-state index in [0.717, 1.165) is 16.4 Å². The van der Waals surface area contributed by atoms with E-state index in [2.05, 4.69) is 15.5 Å². The third kappa shape index (κ3) is 4.97. The number of carboxylic acid groups (broad SMARTS) is 2. The summed E-state index contributed by atoms with van der Waals surface area (Å²) in [4.78, 5) is 60.3. The van der Waals surface area contributed by atoms with Gasteiger partial charge in [0.25, 0.3) is 11.8 Å². The maximum Gasteiger partial charge on any atom is 0.350 e. The van der Waals surface area contributed by atoms with E-state index in [0.29, 0.717) is 0 Å². The maximum atomic E-state index is 12.7. The highest BCUT2D eigenvalue weighted by Crippen LogP contribution is 2.23. The monoisotopic (exact) mass is 429 g/mol. The molecule has 0 aromatic carbocycles. The average molecular weight is 429 g/mol. The summed E-state index contributed by atoms with van der Waals surface area (Å²) >= 11 is 1.02. The molecule has 2 heterocycles. The van der Waals surface area contributed by atoms with E-state index in [1.807, 2.05) is 0 Å². The molecule has 2 amide bonds. The molecule has 14 heteroatoms. The minimum Gasteiger partial charge on any atom is -0.479 e. The van der Waals surface area contributed by atoms with Crippen LogP contribution in [-0.2, 0) is 28.9 Å². The number of hydrogen-bond donors (Lipinski definition) is 4. The minimum absolute atomic E-state index is 0.0283. The van der Waals surface area contributed by atoms with E-state index >= 15 is 0 Å². The zero-order valence-electron chi connectivity index (χ0n) is 15.7. The quantitative estimate of drug-likeness (QED) is 0.216. The van der Waals surface area contributed by atoms with Gasteiger partial charge in [-0.25, -0.2) is 19.6 Å². The molecule has 1 aromatic heterocycles. The highest BCUT2D eigenvalue weighted by molar-refractivity contribution is 7.13. The number of hydrogen-bond acceptors (Lipinski definition) is 10. The molecule has 1 saturated heterocycles. The molecule has 1 aliphatic rings. The van der Waals surface area contributed by atoms with Crippen LogP contribution in [0.25, 0.3) is 0 Å². The molecule has 29 heavy (non-hydrogen) atoms. The number of aliphatic carboxylic acids is 2. The smallest absolute Gasteiger partial charge is 0.350 e. The van der Waals surface area contributed by atoms with Crippen LogP contribution in [0.5, 0.6) is 0 Å². The Morgan fingerprint density at radius 3 is 2.59 bits per heavy atom. The highest BCUT2D eigenvalue weighted by atomic mass is 32.1. The van der Waals surface area contributed by atoms with Gasteiger partial charge in [0.05, 0.1) is 6.54 Å². The maximum absolute atomic E-state index is 12.7. The number of nitrogens with two attached hydrogens (primary N) is 1. The van der Waals surface area contributed by atoms with Crippen molar-refractivity contribution in [3.8, 4) is 0 Å². The van der Waals surface area contributed by atoms with Crippen LogP contribution in [0.4, 0.5) is 5.13 Å². The predicted molar refractivity (Wildman–Crippen MR) is 97.7 cm³/mol. The first-order chi connectivity index (χ1) is 13.4. The van der Waals surface area contributed by atoms with Crippen LogP contribution in [0.3, 0.4) is 0 Å². The lowest BCUT2D eigenvalue weighted by Crippen LogP contribution is -2.73. The van der Waals surface area contributed by atoms with Gasteiger partial charge in [0.15, 0.2) is 17.5 Å². The van der Waals surface area contributed by atoms with Crippen molar-refractivity contribution in [1.82, 2.24) is 15.4 Å². The van der Waals surface area contributed by atoms with Gasteiger partial charge in [0.1, 0.15) is 11.2 Å². The summed E-state index contributed by atoms with van der Waals surface area (Å²) in [5.74, 6) is -4.11. The molecule has 0 bridgehead atoms. The molecule has 0 aliphatic carbocycles. The van der Waals surface area contributed by atoms with Crippen molar-refractivity contribution in [1.29, 1.82) is 0 Å². The predicted octanol–water partition coefficient (Wildman–Crippen LogP) is -0.957. The number of carbonyl (C=O) groups is 4. The number of carbonyl (C=O) groups excluding carboxylic acids is 2. The van der Waals surface area contributed by atoms with Gasteiger partial charge in [-0.15, -0.1) is 11.3 Å². The largest absolute Gasteiger partial charge is 0.479 e. The average Bonchev–Trinajstić information content (AvgIpc) is 3.04. The third-order valence-corrected chi connectivity index (χ3v) is 4.43. The molecule has 1 atom stereocenters. The van der Waals surface area contributed by atoms with E-state index in [9.17, 15) is 19.2 Å². The number of hydroxylamine groups is 2. The number of nitrogens with zero attached hydrogens (tertiary/aromatic N) is 3. The van der Waals surface area contributed by atoms with Gasteiger partial charge in [0, 0.05) is 5.38 Å². The first kappa shape index (κ1) is 22.0. The molecule has 0 unspecified atom stereocenters. The van der Waals surface area contributed by atoms with Crippen LogP contribution < -0.4 is 11.1 Å². The lowest BCUT2D eigenvalue weighted by atomic mass is 9.92. The molecular weight excluding hydrogens is 410 g/mol. The van der Waals surface area contributed by atoms with Gasteiger partial charge in [-0.1, -0.05) is 5.16 Å². The summed E-state index contributed by atoms with van der Waals surface area (Å²) < 4.78 is 0. The SMILES string of the molecule is CC(C)(ON=C(C(=O)N[C@@]1(C)CN(OCC(=O)O)C1=O)c1csc(N)n1)C(=O)O. The molecule has 1 aromatic rings. The number of thiazole rings is 1. The van der Waals surface area contributed by atoms with Gasteiger partial charge >= 0.3 is 11.9 Å². The number of aromatic nitrogens is 1. The van der Waals surface area contributed by atoms with Gasteiger partial charge in [-0.2, -0.15) is 0 Å². The number of nitrogen functional groups attached to an aromatic ring is 1. The van der Waals surface area contributed by atoms with Crippen molar-refractivity contribution < 1.29 is 39.1 Å². The second kappa shape index (κ2) is 8.00. The fourth-order valence-electron chi connectivity index (χ4n) is 2.05. The Labute approximate surface area is 168 Å². The first-order valence-corrected chi connectivity index (χ1v) is 8.94. The van der Waals surface area contributed by atoms with E-state index in [1.165, 1.54) is 26.2 Å². The summed E-state index contributed by atoms with van der Waals surface area (Å²) in [6, 6.07) is 0. The number of nitrogens with one attached hydrogen (secondary N) is 1. The Balaban J connectivity index is 2.17. The van der Waals surface area contributed by atoms with Crippen molar-refractivity contribution in [3.05, 3.63) is 11.1 Å². The van der Waals surface area contributed by atoms with E-state index in [-0.39, 0.29) is 23.1 Å². The summed E-state index contributed by atoms with van der Waals surface area (Å²) in [5, 5.41) is 26.1. The van der Waals surface area contributed by atoms with Crippen LogP contribution in [0.2, 0.25) is 0 Å². The van der Waals surface area contributed by atoms with E-state index < -0.39 is 41.5 Å². The Kier molecular flexibility index (Phi) is 6.08. The summed E-state index contributed by atoms with van der Waals surface area (Å²) in [6.45, 7) is 3.05. The molecular formula is C15H19N5O8S. The van der Waals surface area contributed by atoms with Gasteiger partial charge < -0.3 is 26.1 Å². The fraction of sp³-hybridized carbons (Fsp3) is 0.467.